The molecule has 18 heavy (non-hydrogen) atoms. The molecule has 0 spiro atoms. The summed E-state index contributed by atoms with van der Waals surface area (Å²) in [6.45, 7) is 7.65. The van der Waals surface area contributed by atoms with E-state index in [0.29, 0.717) is 5.25 Å². The average Bonchev–Trinajstić information content (AvgIpc) is 2.82. The number of hydrogen-bond donors (Lipinski definition) is 1. The van der Waals surface area contributed by atoms with Gasteiger partial charge in [0.05, 0.1) is 6.54 Å². The lowest BCUT2D eigenvalue weighted by molar-refractivity contribution is 0.479. The second kappa shape index (κ2) is 6.28. The van der Waals surface area contributed by atoms with Crippen molar-refractivity contribution in [2.24, 2.45) is 10.9 Å². The molecule has 1 unspecified atom stereocenters. The van der Waals surface area contributed by atoms with E-state index in [1.165, 1.54) is 24.1 Å². The predicted octanol–water partition coefficient (Wildman–Crippen LogP) is 4.31. The molecule has 1 heterocycles. The van der Waals surface area contributed by atoms with E-state index in [1.54, 1.807) is 0 Å². The molecule has 1 aromatic rings. The first-order chi connectivity index (χ1) is 8.74. The van der Waals surface area contributed by atoms with Crippen LogP contribution in [-0.4, -0.2) is 17.0 Å². The molecular formula is C15H22N2S. The number of para-hydroxylation sites is 1. The number of amidine groups is 1. The Kier molecular flexibility index (Phi) is 4.70. The maximum atomic E-state index is 4.64. The predicted molar refractivity (Wildman–Crippen MR) is 82.6 cm³/mol. The number of aryl methyl sites for hydroxylation is 1. The summed E-state index contributed by atoms with van der Waals surface area (Å²) in [6, 6.07) is 8.37. The van der Waals surface area contributed by atoms with Gasteiger partial charge in [0, 0.05) is 10.9 Å². The quantitative estimate of drug-likeness (QED) is 0.874. The summed E-state index contributed by atoms with van der Waals surface area (Å²) in [5.74, 6) is 0.787. The number of anilines is 1. The highest BCUT2D eigenvalue weighted by atomic mass is 32.2. The number of hydrogen-bond acceptors (Lipinski definition) is 3. The van der Waals surface area contributed by atoms with Gasteiger partial charge in [-0.2, -0.15) is 0 Å². The Balaban J connectivity index is 1.95. The second-order valence-electron chi connectivity index (χ2n) is 4.82. The van der Waals surface area contributed by atoms with Crippen LogP contribution in [0.5, 0.6) is 0 Å². The summed E-state index contributed by atoms with van der Waals surface area (Å²) in [7, 11) is 0. The molecule has 0 amide bonds. The van der Waals surface area contributed by atoms with Crippen molar-refractivity contribution in [2.75, 3.05) is 11.9 Å². The smallest absolute Gasteiger partial charge is 0.161 e. The summed E-state index contributed by atoms with van der Waals surface area (Å²) in [5, 5.41) is 5.20. The van der Waals surface area contributed by atoms with Crippen LogP contribution in [0, 0.1) is 12.8 Å². The van der Waals surface area contributed by atoms with Crippen LogP contribution in [0.1, 0.15) is 32.3 Å². The van der Waals surface area contributed by atoms with Crippen LogP contribution in [0.4, 0.5) is 5.69 Å². The second-order valence-corrected chi connectivity index (χ2v) is 6.05. The molecule has 0 bridgehead atoms. The Bertz CT molecular complexity index is 424. The highest BCUT2D eigenvalue weighted by molar-refractivity contribution is 8.15. The third-order valence-electron chi connectivity index (χ3n) is 3.64. The molecule has 0 saturated heterocycles. The Morgan fingerprint density at radius 3 is 2.72 bits per heavy atom. The van der Waals surface area contributed by atoms with Crippen LogP contribution in [-0.2, 0) is 0 Å². The van der Waals surface area contributed by atoms with Gasteiger partial charge >= 0.3 is 0 Å². The fraction of sp³-hybridized carbons (Fsp3) is 0.533. The third-order valence-corrected chi connectivity index (χ3v) is 4.93. The van der Waals surface area contributed by atoms with Crippen LogP contribution < -0.4 is 5.32 Å². The van der Waals surface area contributed by atoms with Crippen molar-refractivity contribution < 1.29 is 0 Å². The van der Waals surface area contributed by atoms with E-state index in [2.05, 4.69) is 55.3 Å². The van der Waals surface area contributed by atoms with Crippen molar-refractivity contribution in [1.82, 2.24) is 0 Å². The van der Waals surface area contributed by atoms with Gasteiger partial charge in [-0.15, -0.1) is 0 Å². The van der Waals surface area contributed by atoms with Crippen LogP contribution in [0.25, 0.3) is 0 Å². The molecule has 0 radical (unpaired) electrons. The zero-order valence-electron chi connectivity index (χ0n) is 11.4. The third kappa shape index (κ3) is 3.08. The van der Waals surface area contributed by atoms with E-state index in [1.807, 2.05) is 11.8 Å². The van der Waals surface area contributed by atoms with Gasteiger partial charge in [0.2, 0.25) is 0 Å². The Labute approximate surface area is 114 Å². The lowest BCUT2D eigenvalue weighted by atomic mass is 9.99. The van der Waals surface area contributed by atoms with Crippen molar-refractivity contribution in [3.05, 3.63) is 29.8 Å². The molecule has 1 aliphatic rings. The molecule has 2 nitrogen and oxygen atoms in total. The van der Waals surface area contributed by atoms with Crippen molar-refractivity contribution in [3.8, 4) is 0 Å². The zero-order chi connectivity index (χ0) is 13.0. The summed E-state index contributed by atoms with van der Waals surface area (Å²) in [6.07, 6.45) is 2.50. The summed E-state index contributed by atoms with van der Waals surface area (Å²) >= 11 is 1.91. The highest BCUT2D eigenvalue weighted by Gasteiger charge is 2.25. The Morgan fingerprint density at radius 2 is 2.06 bits per heavy atom. The first-order valence-electron chi connectivity index (χ1n) is 6.78. The van der Waals surface area contributed by atoms with Gasteiger partial charge in [-0.3, -0.25) is 4.99 Å². The van der Waals surface area contributed by atoms with Gasteiger partial charge < -0.3 is 5.32 Å². The Hall–Kier alpha value is -0.960. The van der Waals surface area contributed by atoms with Crippen LogP contribution in [0.2, 0.25) is 0 Å². The van der Waals surface area contributed by atoms with Crippen LogP contribution in [0.3, 0.4) is 0 Å². The molecule has 1 N–H and O–H groups in total. The maximum absolute atomic E-state index is 4.64. The topological polar surface area (TPSA) is 24.4 Å². The molecular weight excluding hydrogens is 240 g/mol. The lowest BCUT2D eigenvalue weighted by Gasteiger charge is -2.18. The summed E-state index contributed by atoms with van der Waals surface area (Å²) in [4.78, 5) is 4.64. The van der Waals surface area contributed by atoms with Gasteiger partial charge in [-0.25, -0.2) is 0 Å². The SMILES string of the molecule is CCC(CC)C1CN=C(Nc2ccccc2C)S1. The number of nitrogens with one attached hydrogen (secondary N) is 1. The van der Waals surface area contributed by atoms with E-state index >= 15 is 0 Å². The molecule has 1 aliphatic heterocycles. The standard InChI is InChI=1S/C15H22N2S/c1-4-12(5-2)14-10-16-15(18-14)17-13-9-7-6-8-11(13)3/h6-9,12,14H,4-5,10H2,1-3H3,(H,16,17). The fourth-order valence-electron chi connectivity index (χ4n) is 2.35. The molecule has 2 rings (SSSR count). The highest BCUT2D eigenvalue weighted by Crippen LogP contribution is 2.31. The van der Waals surface area contributed by atoms with E-state index in [-0.39, 0.29) is 0 Å². The van der Waals surface area contributed by atoms with Crippen LogP contribution in [0.15, 0.2) is 29.3 Å². The van der Waals surface area contributed by atoms with Crippen molar-refractivity contribution in [3.63, 3.8) is 0 Å². The first kappa shape index (κ1) is 13.5. The van der Waals surface area contributed by atoms with Gasteiger partial charge in [-0.1, -0.05) is 56.7 Å². The normalized spacial score (nSPS) is 19.1. The van der Waals surface area contributed by atoms with E-state index in [9.17, 15) is 0 Å². The van der Waals surface area contributed by atoms with Gasteiger partial charge in [0.1, 0.15) is 0 Å². The van der Waals surface area contributed by atoms with E-state index < -0.39 is 0 Å². The van der Waals surface area contributed by atoms with Gasteiger partial charge in [0.15, 0.2) is 5.17 Å². The van der Waals surface area contributed by atoms with Crippen molar-refractivity contribution >= 4 is 22.6 Å². The monoisotopic (exact) mass is 262 g/mol. The molecule has 0 fully saturated rings. The first-order valence-corrected chi connectivity index (χ1v) is 7.66. The summed E-state index contributed by atoms with van der Waals surface area (Å²) in [5.41, 5.74) is 2.45. The number of rotatable bonds is 4. The minimum atomic E-state index is 0.659. The maximum Gasteiger partial charge on any atom is 0.161 e. The lowest BCUT2D eigenvalue weighted by Crippen LogP contribution is -2.17. The van der Waals surface area contributed by atoms with Gasteiger partial charge in [-0.05, 0) is 24.5 Å². The number of thioether (sulfide) groups is 1. The zero-order valence-corrected chi connectivity index (χ0v) is 12.3. The molecule has 0 aliphatic carbocycles. The summed E-state index contributed by atoms with van der Waals surface area (Å²) < 4.78 is 0. The molecule has 0 aromatic heterocycles. The Morgan fingerprint density at radius 1 is 1.33 bits per heavy atom. The molecule has 3 heteroatoms. The number of benzene rings is 1. The van der Waals surface area contributed by atoms with Crippen molar-refractivity contribution in [1.29, 1.82) is 0 Å². The van der Waals surface area contributed by atoms with E-state index in [0.717, 1.165) is 17.6 Å². The van der Waals surface area contributed by atoms with Gasteiger partial charge in [0.25, 0.3) is 0 Å². The fourth-order valence-corrected chi connectivity index (χ4v) is 3.68. The molecule has 0 saturated carbocycles. The molecule has 1 atom stereocenters. The van der Waals surface area contributed by atoms with Crippen molar-refractivity contribution in [2.45, 2.75) is 38.9 Å². The molecule has 1 aromatic carbocycles. The number of nitrogens with zero attached hydrogens (tertiary/aromatic N) is 1. The van der Waals surface area contributed by atoms with Crippen LogP contribution >= 0.6 is 11.8 Å². The minimum Gasteiger partial charge on any atom is -0.335 e. The average molecular weight is 262 g/mol. The largest absolute Gasteiger partial charge is 0.335 e. The number of aliphatic imine (C=N–C) groups is 1. The van der Waals surface area contributed by atoms with E-state index in [4.69, 9.17) is 0 Å². The minimum absolute atomic E-state index is 0.659. The molecule has 98 valence electrons.